The SMILES string of the molecule is Cc1ccc(Cl)c(Cc2nc3c(C)cc(C(F)(F)P)cc3n2C)c1Cl. The highest BCUT2D eigenvalue weighted by atomic mass is 35.5. The molecule has 1 unspecified atom stereocenters. The van der Waals surface area contributed by atoms with Gasteiger partial charge in [-0.25, -0.2) is 4.98 Å². The van der Waals surface area contributed by atoms with Crippen molar-refractivity contribution in [3.63, 3.8) is 0 Å². The van der Waals surface area contributed by atoms with E-state index in [-0.39, 0.29) is 5.56 Å². The number of fused-ring (bicyclic) bond motifs is 1. The van der Waals surface area contributed by atoms with Gasteiger partial charge in [0.15, 0.2) is 0 Å². The molecule has 0 N–H and O–H groups in total. The molecule has 0 fully saturated rings. The summed E-state index contributed by atoms with van der Waals surface area (Å²) in [6, 6.07) is 6.61. The van der Waals surface area contributed by atoms with Gasteiger partial charge in [-0.2, -0.15) is 8.78 Å². The van der Waals surface area contributed by atoms with E-state index in [2.05, 4.69) is 4.98 Å². The first-order valence-electron chi connectivity index (χ1n) is 7.66. The molecule has 1 atom stereocenters. The molecular formula is C18H17Cl2F2N2P. The number of benzene rings is 2. The molecule has 0 radical (unpaired) electrons. The Labute approximate surface area is 157 Å². The molecule has 2 nitrogen and oxygen atoms in total. The maximum Gasteiger partial charge on any atom is 0.283 e. The zero-order valence-electron chi connectivity index (χ0n) is 14.0. The minimum atomic E-state index is -2.98. The van der Waals surface area contributed by atoms with Crippen LogP contribution in [0.5, 0.6) is 0 Å². The van der Waals surface area contributed by atoms with Crippen molar-refractivity contribution in [1.29, 1.82) is 0 Å². The van der Waals surface area contributed by atoms with Crippen LogP contribution >= 0.6 is 32.4 Å². The summed E-state index contributed by atoms with van der Waals surface area (Å²) >= 11 is 12.7. The number of imidazole rings is 1. The van der Waals surface area contributed by atoms with E-state index in [1.807, 2.05) is 24.6 Å². The summed E-state index contributed by atoms with van der Waals surface area (Å²) in [4.78, 5) is 4.64. The Balaban J connectivity index is 2.15. The van der Waals surface area contributed by atoms with Gasteiger partial charge in [-0.3, -0.25) is 0 Å². The van der Waals surface area contributed by atoms with Gasteiger partial charge < -0.3 is 4.57 Å². The van der Waals surface area contributed by atoms with E-state index in [0.29, 0.717) is 33.1 Å². The highest BCUT2D eigenvalue weighted by molar-refractivity contribution is 7.17. The van der Waals surface area contributed by atoms with Crippen LogP contribution in [0, 0.1) is 13.8 Å². The number of alkyl halides is 2. The maximum atomic E-state index is 13.7. The minimum absolute atomic E-state index is 0.0522. The van der Waals surface area contributed by atoms with Crippen molar-refractivity contribution in [2.45, 2.75) is 25.9 Å². The number of hydrogen-bond acceptors (Lipinski definition) is 1. The Kier molecular flexibility index (Phi) is 4.83. The van der Waals surface area contributed by atoms with E-state index in [4.69, 9.17) is 23.2 Å². The zero-order valence-corrected chi connectivity index (χ0v) is 16.7. The standard InChI is InChI=1S/C18H17Cl2F2N2P/c1-9-4-5-13(19)12(16(9)20)8-15-23-17-10(2)6-11(18(21,22)25)7-14(17)24(15)3/h4-7H,8,25H2,1-3H3. The molecule has 132 valence electrons. The summed E-state index contributed by atoms with van der Waals surface area (Å²) in [5.41, 5.74) is 0.757. The van der Waals surface area contributed by atoms with Crippen molar-refractivity contribution < 1.29 is 8.78 Å². The number of aryl methyl sites for hydroxylation is 3. The Bertz CT molecular complexity index is 978. The van der Waals surface area contributed by atoms with E-state index in [9.17, 15) is 8.78 Å². The fourth-order valence-electron chi connectivity index (χ4n) is 2.89. The normalized spacial score (nSPS) is 12.2. The molecule has 0 aliphatic heterocycles. The first-order valence-corrected chi connectivity index (χ1v) is 8.99. The lowest BCUT2D eigenvalue weighted by Gasteiger charge is -2.12. The maximum absolute atomic E-state index is 13.7. The highest BCUT2D eigenvalue weighted by Crippen LogP contribution is 2.37. The number of hydrogen-bond donors (Lipinski definition) is 0. The molecule has 7 heteroatoms. The molecule has 0 saturated heterocycles. The van der Waals surface area contributed by atoms with Crippen molar-refractivity contribution in [2.24, 2.45) is 7.05 Å². The number of halogens is 4. The molecule has 0 bridgehead atoms. The Morgan fingerprint density at radius 3 is 2.48 bits per heavy atom. The predicted octanol–water partition coefficient (Wildman–Crippen LogP) is 6.01. The van der Waals surface area contributed by atoms with Crippen molar-refractivity contribution in [3.8, 4) is 0 Å². The fraction of sp³-hybridized carbons (Fsp3) is 0.278. The van der Waals surface area contributed by atoms with Gasteiger partial charge in [-0.05, 0) is 48.7 Å². The molecule has 1 heterocycles. The molecule has 2 aromatic carbocycles. The monoisotopic (exact) mass is 400 g/mol. The van der Waals surface area contributed by atoms with Crippen molar-refractivity contribution in [3.05, 3.63) is 62.4 Å². The number of rotatable bonds is 3. The Morgan fingerprint density at radius 1 is 1.16 bits per heavy atom. The predicted molar refractivity (Wildman–Crippen MR) is 103 cm³/mol. The lowest BCUT2D eigenvalue weighted by molar-refractivity contribution is 0.104. The number of aromatic nitrogens is 2. The average molecular weight is 401 g/mol. The van der Waals surface area contributed by atoms with Crippen LogP contribution in [-0.4, -0.2) is 9.55 Å². The van der Waals surface area contributed by atoms with Gasteiger partial charge in [0.05, 0.1) is 11.0 Å². The van der Waals surface area contributed by atoms with Gasteiger partial charge in [-0.15, -0.1) is 0 Å². The molecular weight excluding hydrogens is 384 g/mol. The first-order chi connectivity index (χ1) is 11.6. The van der Waals surface area contributed by atoms with E-state index in [1.54, 1.807) is 22.2 Å². The molecule has 25 heavy (non-hydrogen) atoms. The average Bonchev–Trinajstić information content (AvgIpc) is 2.84. The van der Waals surface area contributed by atoms with Gasteiger partial charge in [0.25, 0.3) is 5.66 Å². The lowest BCUT2D eigenvalue weighted by Crippen LogP contribution is -2.04. The van der Waals surface area contributed by atoms with Crippen LogP contribution in [0.1, 0.15) is 28.1 Å². The molecule has 0 aliphatic rings. The van der Waals surface area contributed by atoms with E-state index in [1.165, 1.54) is 12.1 Å². The molecule has 0 aliphatic carbocycles. The van der Waals surface area contributed by atoms with Gasteiger partial charge in [0.2, 0.25) is 0 Å². The quantitative estimate of drug-likeness (QED) is 0.492. The van der Waals surface area contributed by atoms with Gasteiger partial charge in [0.1, 0.15) is 5.82 Å². The smallest absolute Gasteiger partial charge is 0.283 e. The van der Waals surface area contributed by atoms with E-state index < -0.39 is 5.66 Å². The second kappa shape index (κ2) is 6.50. The number of nitrogens with zero attached hydrogens (tertiary/aromatic N) is 2. The molecule has 3 rings (SSSR count). The summed E-state index contributed by atoms with van der Waals surface area (Å²) in [6.07, 6.45) is 0.427. The second-order valence-corrected chi connectivity index (χ2v) is 7.71. The Morgan fingerprint density at radius 2 is 1.84 bits per heavy atom. The first kappa shape index (κ1) is 18.6. The second-order valence-electron chi connectivity index (χ2n) is 6.20. The van der Waals surface area contributed by atoms with Gasteiger partial charge in [-0.1, -0.05) is 38.5 Å². The van der Waals surface area contributed by atoms with Crippen LogP contribution < -0.4 is 0 Å². The van der Waals surface area contributed by atoms with Crippen molar-refractivity contribution in [2.75, 3.05) is 0 Å². The third-order valence-electron chi connectivity index (χ3n) is 4.37. The molecule has 0 saturated carbocycles. The van der Waals surface area contributed by atoms with Crippen LogP contribution in [0.4, 0.5) is 8.78 Å². The van der Waals surface area contributed by atoms with Crippen molar-refractivity contribution >= 4 is 43.5 Å². The molecule has 0 spiro atoms. The van der Waals surface area contributed by atoms with Gasteiger partial charge >= 0.3 is 0 Å². The van der Waals surface area contributed by atoms with Crippen LogP contribution in [0.25, 0.3) is 11.0 Å². The Hall–Kier alpha value is -1.22. The minimum Gasteiger partial charge on any atom is -0.331 e. The fourth-order valence-corrected chi connectivity index (χ4v) is 3.56. The van der Waals surface area contributed by atoms with E-state index in [0.717, 1.165) is 17.0 Å². The van der Waals surface area contributed by atoms with Crippen LogP contribution in [0.2, 0.25) is 10.0 Å². The van der Waals surface area contributed by atoms with E-state index >= 15 is 0 Å². The lowest BCUT2D eigenvalue weighted by atomic mass is 10.1. The summed E-state index contributed by atoms with van der Waals surface area (Å²) in [7, 11) is 3.39. The van der Waals surface area contributed by atoms with Crippen molar-refractivity contribution in [1.82, 2.24) is 9.55 Å². The molecule has 3 aromatic rings. The molecule has 1 aromatic heterocycles. The summed E-state index contributed by atoms with van der Waals surface area (Å²) in [5.74, 6) is 0.719. The topological polar surface area (TPSA) is 17.8 Å². The summed E-state index contributed by atoms with van der Waals surface area (Å²) < 4.78 is 29.2. The highest BCUT2D eigenvalue weighted by Gasteiger charge is 2.26. The summed E-state index contributed by atoms with van der Waals surface area (Å²) in [6.45, 7) is 3.69. The van der Waals surface area contributed by atoms with Crippen LogP contribution in [-0.2, 0) is 19.1 Å². The molecule has 0 amide bonds. The summed E-state index contributed by atoms with van der Waals surface area (Å²) in [5, 5.41) is 1.17. The van der Waals surface area contributed by atoms with Crippen LogP contribution in [0.3, 0.4) is 0 Å². The van der Waals surface area contributed by atoms with Gasteiger partial charge in [0, 0.05) is 29.1 Å². The third kappa shape index (κ3) is 3.40. The largest absolute Gasteiger partial charge is 0.331 e. The zero-order chi connectivity index (χ0) is 18.5. The third-order valence-corrected chi connectivity index (χ3v) is 5.58. The van der Waals surface area contributed by atoms with Crippen LogP contribution in [0.15, 0.2) is 24.3 Å².